The zero-order valence-electron chi connectivity index (χ0n) is 14.0. The Balaban J connectivity index is 1.55. The van der Waals surface area contributed by atoms with Gasteiger partial charge in [0.2, 0.25) is 5.91 Å². The van der Waals surface area contributed by atoms with Gasteiger partial charge >= 0.3 is 0 Å². The summed E-state index contributed by atoms with van der Waals surface area (Å²) in [7, 11) is -3.45. The fourth-order valence-corrected chi connectivity index (χ4v) is 4.58. The average Bonchev–Trinajstić information content (AvgIpc) is 3.15. The molecule has 1 aromatic rings. The third-order valence-corrected chi connectivity index (χ3v) is 6.63. The van der Waals surface area contributed by atoms with Gasteiger partial charge < -0.3 is 10.2 Å². The first-order chi connectivity index (χ1) is 12.0. The minimum atomic E-state index is -3.45. The number of hydrogen-bond acceptors (Lipinski definition) is 4. The molecule has 2 aliphatic rings. The number of nitrogens with one attached hydrogen (secondary N) is 1. The van der Waals surface area contributed by atoms with Crippen molar-refractivity contribution >= 4 is 27.3 Å². The van der Waals surface area contributed by atoms with Gasteiger partial charge in [0.1, 0.15) is 0 Å². The van der Waals surface area contributed by atoms with E-state index in [9.17, 15) is 13.2 Å². The number of piperidine rings is 1. The lowest BCUT2D eigenvalue weighted by Gasteiger charge is -2.32. The molecule has 0 aliphatic carbocycles. The molecule has 0 bridgehead atoms. The molecule has 2 fully saturated rings. The molecule has 1 atom stereocenters. The molecule has 0 aromatic heterocycles. The minimum absolute atomic E-state index is 0.109. The normalized spacial score (nSPS) is 22.6. The molecule has 2 saturated heterocycles. The van der Waals surface area contributed by atoms with Crippen molar-refractivity contribution < 1.29 is 13.2 Å². The molecular formula is C18H23ClN2O3S. The zero-order chi connectivity index (χ0) is 17.9. The molecule has 0 spiro atoms. The van der Waals surface area contributed by atoms with Crippen LogP contribution < -0.4 is 5.32 Å². The number of nitrogens with zero attached hydrogens (tertiary/aromatic N) is 1. The highest BCUT2D eigenvalue weighted by Crippen LogP contribution is 2.23. The summed E-state index contributed by atoms with van der Waals surface area (Å²) >= 11 is 5.80. The van der Waals surface area contributed by atoms with Crippen molar-refractivity contribution in [3.05, 3.63) is 40.8 Å². The number of rotatable bonds is 4. The predicted molar refractivity (Wildman–Crippen MR) is 98.1 cm³/mol. The fourth-order valence-electron chi connectivity index (χ4n) is 3.35. The van der Waals surface area contributed by atoms with E-state index in [1.54, 1.807) is 18.2 Å². The van der Waals surface area contributed by atoms with Crippen molar-refractivity contribution in [2.75, 3.05) is 26.2 Å². The van der Waals surface area contributed by atoms with Crippen molar-refractivity contribution in [2.24, 2.45) is 11.8 Å². The summed E-state index contributed by atoms with van der Waals surface area (Å²) in [5, 5.41) is 5.03. The maximum Gasteiger partial charge on any atom is 0.227 e. The number of hydrogen-bond donors (Lipinski definition) is 1. The Kier molecular flexibility index (Phi) is 5.81. The minimum Gasteiger partial charge on any atom is -0.342 e. The van der Waals surface area contributed by atoms with Gasteiger partial charge in [-0.25, -0.2) is 8.42 Å². The maximum absolute atomic E-state index is 12.4. The van der Waals surface area contributed by atoms with E-state index in [0.717, 1.165) is 32.4 Å². The van der Waals surface area contributed by atoms with Gasteiger partial charge in [-0.15, -0.1) is 0 Å². The van der Waals surface area contributed by atoms with E-state index in [1.165, 1.54) is 17.5 Å². The first-order valence-electron chi connectivity index (χ1n) is 8.64. The van der Waals surface area contributed by atoms with Gasteiger partial charge in [-0.1, -0.05) is 17.7 Å². The molecule has 1 amide bonds. The van der Waals surface area contributed by atoms with Gasteiger partial charge in [-0.3, -0.25) is 4.79 Å². The molecule has 0 radical (unpaired) electrons. The van der Waals surface area contributed by atoms with Crippen LogP contribution in [-0.2, 0) is 14.6 Å². The highest BCUT2D eigenvalue weighted by molar-refractivity contribution is 7.94. The zero-order valence-corrected chi connectivity index (χ0v) is 15.6. The van der Waals surface area contributed by atoms with Gasteiger partial charge in [0.05, 0.1) is 10.8 Å². The molecule has 1 aromatic carbocycles. The van der Waals surface area contributed by atoms with Crippen molar-refractivity contribution in [2.45, 2.75) is 24.2 Å². The summed E-state index contributed by atoms with van der Waals surface area (Å²) in [4.78, 5) is 14.6. The largest absolute Gasteiger partial charge is 0.342 e. The first kappa shape index (κ1) is 18.4. The molecule has 0 saturated carbocycles. The Morgan fingerprint density at radius 3 is 2.44 bits per heavy atom. The predicted octanol–water partition coefficient (Wildman–Crippen LogP) is 2.48. The topological polar surface area (TPSA) is 66.5 Å². The SMILES string of the molecule is O=C([C@H]1CCNC1)N1CCC(/C=C/S(=O)(=O)c2ccc(Cl)cc2)CC1. The summed E-state index contributed by atoms with van der Waals surface area (Å²) < 4.78 is 24.7. The average molecular weight is 383 g/mol. The molecule has 5 nitrogen and oxygen atoms in total. The quantitative estimate of drug-likeness (QED) is 0.868. The number of likely N-dealkylation sites (tertiary alicyclic amines) is 1. The van der Waals surface area contributed by atoms with Crippen LogP contribution in [0.15, 0.2) is 40.6 Å². The van der Waals surface area contributed by atoms with E-state index in [-0.39, 0.29) is 22.6 Å². The smallest absolute Gasteiger partial charge is 0.227 e. The third-order valence-electron chi connectivity index (χ3n) is 4.93. The van der Waals surface area contributed by atoms with Crippen LogP contribution in [0, 0.1) is 11.8 Å². The first-order valence-corrected chi connectivity index (χ1v) is 10.6. The van der Waals surface area contributed by atoms with E-state index >= 15 is 0 Å². The van der Waals surface area contributed by atoms with Gasteiger partial charge in [-0.2, -0.15) is 0 Å². The molecule has 3 rings (SSSR count). The van der Waals surface area contributed by atoms with Crippen molar-refractivity contribution in [3.8, 4) is 0 Å². The number of carbonyl (C=O) groups excluding carboxylic acids is 1. The second-order valence-corrected chi connectivity index (χ2v) is 8.95. The van der Waals surface area contributed by atoms with E-state index in [4.69, 9.17) is 11.6 Å². The second-order valence-electron chi connectivity index (χ2n) is 6.68. The molecular weight excluding hydrogens is 360 g/mol. The number of amides is 1. The molecule has 0 unspecified atom stereocenters. The van der Waals surface area contributed by atoms with Gasteiger partial charge in [0.15, 0.2) is 9.84 Å². The molecule has 2 heterocycles. The number of benzene rings is 1. The molecule has 1 N–H and O–H groups in total. The lowest BCUT2D eigenvalue weighted by Crippen LogP contribution is -2.42. The summed E-state index contributed by atoms with van der Waals surface area (Å²) in [5.74, 6) is 0.534. The Labute approximate surface area is 154 Å². The molecule has 25 heavy (non-hydrogen) atoms. The summed E-state index contributed by atoms with van der Waals surface area (Å²) in [6.45, 7) is 3.09. The Bertz CT molecular complexity index is 732. The highest BCUT2D eigenvalue weighted by Gasteiger charge is 2.29. The molecule has 136 valence electrons. The third kappa shape index (κ3) is 4.63. The van der Waals surface area contributed by atoms with Crippen LogP contribution in [-0.4, -0.2) is 45.4 Å². The van der Waals surface area contributed by atoms with Crippen molar-refractivity contribution in [3.63, 3.8) is 0 Å². The summed E-state index contributed by atoms with van der Waals surface area (Å²) in [6, 6.07) is 6.17. The van der Waals surface area contributed by atoms with E-state index in [2.05, 4.69) is 5.32 Å². The van der Waals surface area contributed by atoms with Crippen LogP contribution in [0.2, 0.25) is 5.02 Å². The monoisotopic (exact) mass is 382 g/mol. The van der Waals surface area contributed by atoms with E-state index in [1.807, 2.05) is 4.90 Å². The highest BCUT2D eigenvalue weighted by atomic mass is 35.5. The fraction of sp³-hybridized carbons (Fsp3) is 0.500. The number of sulfone groups is 1. The summed E-state index contributed by atoms with van der Waals surface area (Å²) in [5.41, 5.74) is 0. The van der Waals surface area contributed by atoms with Crippen LogP contribution in [0.25, 0.3) is 0 Å². The van der Waals surface area contributed by atoms with E-state index in [0.29, 0.717) is 18.1 Å². The van der Waals surface area contributed by atoms with Crippen molar-refractivity contribution in [1.29, 1.82) is 0 Å². The second kappa shape index (κ2) is 7.89. The maximum atomic E-state index is 12.4. The lowest BCUT2D eigenvalue weighted by atomic mass is 9.96. The van der Waals surface area contributed by atoms with Crippen LogP contribution >= 0.6 is 11.6 Å². The van der Waals surface area contributed by atoms with Gasteiger partial charge in [-0.05, 0) is 56.0 Å². The van der Waals surface area contributed by atoms with Gasteiger partial charge in [0, 0.05) is 30.1 Å². The molecule has 2 aliphatic heterocycles. The Hall–Kier alpha value is -1.37. The van der Waals surface area contributed by atoms with Crippen LogP contribution in [0.4, 0.5) is 0 Å². The number of allylic oxidation sites excluding steroid dienone is 1. The molecule has 7 heteroatoms. The van der Waals surface area contributed by atoms with Crippen LogP contribution in [0.1, 0.15) is 19.3 Å². The summed E-state index contributed by atoms with van der Waals surface area (Å²) in [6.07, 6.45) is 4.29. The number of carbonyl (C=O) groups is 1. The van der Waals surface area contributed by atoms with Crippen molar-refractivity contribution in [1.82, 2.24) is 10.2 Å². The Morgan fingerprint density at radius 1 is 1.16 bits per heavy atom. The van der Waals surface area contributed by atoms with Crippen LogP contribution in [0.3, 0.4) is 0 Å². The van der Waals surface area contributed by atoms with Crippen LogP contribution in [0.5, 0.6) is 0 Å². The number of halogens is 1. The standard InChI is InChI=1S/C18H23ClN2O3S/c19-16-1-3-17(4-2-16)25(23,24)12-8-14-6-10-21(11-7-14)18(22)15-5-9-20-13-15/h1-4,8,12,14-15,20H,5-7,9-11,13H2/b12-8+/t15-/m0/s1. The van der Waals surface area contributed by atoms with E-state index < -0.39 is 9.84 Å². The van der Waals surface area contributed by atoms with Gasteiger partial charge in [0.25, 0.3) is 0 Å². The lowest BCUT2D eigenvalue weighted by molar-refractivity contribution is -0.136. The Morgan fingerprint density at radius 2 is 1.84 bits per heavy atom.